The van der Waals surface area contributed by atoms with E-state index in [0.29, 0.717) is 45.1 Å². The van der Waals surface area contributed by atoms with Crippen molar-refractivity contribution in [3.63, 3.8) is 0 Å². The molecule has 0 aliphatic rings. The summed E-state index contributed by atoms with van der Waals surface area (Å²) in [6.07, 6.45) is 3.48. The standard InChI is InChI=1S/C59H100N14O12S/c1-37(2)30-46(53(64)75)68-58(80)48(32-39(5)6)70-56(78)45(24-16-19-29-62)66-55(77)44(23-15-18-28-61)67-57(79)47(31-38(3)4)71-59(81)49(33-40(7)8)69-54(76)43(22-14-17-27-60)65-52(74)36-72(35-42(63)34-41-20-10-9-11-21-41)86(84,85)51-26-13-12-25-50(51)73(82)83/h9-13,20-21,25-26,37-40,42-49H,14-19,22-24,27-36,60-63H2,1-8H3,(H2,64,75)(H,65,74)(H,66,77)(H,67,79)(H,68,80)(H,69,76)(H,70,78)(H,71,81)/t42-,43-,44-,45-,46-,47-,48-,49-/m0/s1. The Morgan fingerprint density at radius 1 is 0.500 bits per heavy atom. The van der Waals surface area contributed by atoms with Crippen LogP contribution in [0.4, 0.5) is 5.69 Å². The van der Waals surface area contributed by atoms with Gasteiger partial charge in [0, 0.05) is 18.7 Å². The van der Waals surface area contributed by atoms with E-state index in [1.54, 1.807) is 44.2 Å². The van der Waals surface area contributed by atoms with Crippen LogP contribution >= 0.6 is 0 Å². The molecular formula is C59H100N14O12S. The van der Waals surface area contributed by atoms with Crippen molar-refractivity contribution < 1.29 is 51.7 Å². The summed E-state index contributed by atoms with van der Waals surface area (Å²) in [7, 11) is -4.78. The van der Waals surface area contributed by atoms with Crippen molar-refractivity contribution >= 4 is 63.0 Å². The van der Waals surface area contributed by atoms with E-state index in [1.807, 2.05) is 41.5 Å². The van der Waals surface area contributed by atoms with E-state index >= 15 is 0 Å². The van der Waals surface area contributed by atoms with E-state index in [1.165, 1.54) is 12.1 Å². The van der Waals surface area contributed by atoms with Crippen molar-refractivity contribution in [2.45, 2.75) is 199 Å². The van der Waals surface area contributed by atoms with Gasteiger partial charge in [0.2, 0.25) is 57.3 Å². The molecule has 17 N–H and O–H groups in total. The number of nitrogens with two attached hydrogens (primary N) is 5. The van der Waals surface area contributed by atoms with Crippen molar-refractivity contribution in [2.24, 2.45) is 52.3 Å². The number of carbonyl (C=O) groups excluding carboxylic acids is 8. The minimum Gasteiger partial charge on any atom is -0.368 e. The number of unbranched alkanes of at least 4 members (excludes halogenated alkanes) is 3. The van der Waals surface area contributed by atoms with Crippen LogP contribution in [0.1, 0.15) is 144 Å². The predicted octanol–water partition coefficient (Wildman–Crippen LogP) is 1.61. The number of nitro groups is 1. The fourth-order valence-electron chi connectivity index (χ4n) is 9.60. The first kappa shape index (κ1) is 75.4. The zero-order valence-electron chi connectivity index (χ0n) is 51.6. The number of amides is 8. The van der Waals surface area contributed by atoms with Gasteiger partial charge in [-0.15, -0.1) is 0 Å². The van der Waals surface area contributed by atoms with Gasteiger partial charge in [0.15, 0.2) is 4.90 Å². The minimum atomic E-state index is -4.78. The molecule has 2 aromatic rings. The zero-order valence-corrected chi connectivity index (χ0v) is 52.5. The summed E-state index contributed by atoms with van der Waals surface area (Å²) in [6.45, 7) is 14.2. The van der Waals surface area contributed by atoms with Crippen LogP contribution in [0.3, 0.4) is 0 Å². The van der Waals surface area contributed by atoms with Gasteiger partial charge in [-0.2, -0.15) is 4.31 Å². The summed E-state index contributed by atoms with van der Waals surface area (Å²) in [4.78, 5) is 123. The monoisotopic (exact) mass is 1230 g/mol. The van der Waals surface area contributed by atoms with Gasteiger partial charge in [0.1, 0.15) is 42.3 Å². The average molecular weight is 1230 g/mol. The highest BCUT2D eigenvalue weighted by atomic mass is 32.2. The van der Waals surface area contributed by atoms with Gasteiger partial charge >= 0.3 is 0 Å². The predicted molar refractivity (Wildman–Crippen MR) is 329 cm³/mol. The highest BCUT2D eigenvalue weighted by Gasteiger charge is 2.37. The Labute approximate surface area is 508 Å². The molecule has 0 aliphatic carbocycles. The summed E-state index contributed by atoms with van der Waals surface area (Å²) in [5.74, 6) is -6.51. The molecule has 8 atom stereocenters. The lowest BCUT2D eigenvalue weighted by molar-refractivity contribution is -0.387. The number of para-hydroxylation sites is 1. The number of rotatable bonds is 43. The Kier molecular flexibility index (Phi) is 34.4. The van der Waals surface area contributed by atoms with Crippen LogP contribution < -0.4 is 65.9 Å². The number of nitrogens with zero attached hydrogens (tertiary/aromatic N) is 2. The lowest BCUT2D eigenvalue weighted by Gasteiger charge is -2.29. The normalized spacial score (nSPS) is 14.5. The smallest absolute Gasteiger partial charge is 0.289 e. The van der Waals surface area contributed by atoms with E-state index in [9.17, 15) is 56.9 Å². The molecule has 0 radical (unpaired) electrons. The number of sulfonamides is 1. The molecule has 27 heteroatoms. The van der Waals surface area contributed by atoms with Crippen LogP contribution in [0.25, 0.3) is 0 Å². The van der Waals surface area contributed by atoms with E-state index < -0.39 is 134 Å². The Morgan fingerprint density at radius 3 is 1.21 bits per heavy atom. The maximum Gasteiger partial charge on any atom is 0.289 e. The Hall–Kier alpha value is -6.65. The van der Waals surface area contributed by atoms with Gasteiger partial charge in [-0.25, -0.2) is 8.42 Å². The molecule has 8 amide bonds. The van der Waals surface area contributed by atoms with Crippen LogP contribution in [0.15, 0.2) is 59.5 Å². The Bertz CT molecular complexity index is 2590. The highest BCUT2D eigenvalue weighted by Crippen LogP contribution is 2.27. The largest absolute Gasteiger partial charge is 0.368 e. The third-order valence-electron chi connectivity index (χ3n) is 13.9. The van der Waals surface area contributed by atoms with Gasteiger partial charge in [0.25, 0.3) is 5.69 Å². The van der Waals surface area contributed by atoms with Crippen LogP contribution in [-0.4, -0.2) is 146 Å². The first-order chi connectivity index (χ1) is 40.5. The van der Waals surface area contributed by atoms with Gasteiger partial charge in [-0.1, -0.05) is 97.9 Å². The summed E-state index contributed by atoms with van der Waals surface area (Å²) in [6, 6.07) is 4.29. The molecule has 2 rings (SSSR count). The van der Waals surface area contributed by atoms with Gasteiger partial charge in [0.05, 0.1) is 11.5 Å². The molecule has 2 aromatic carbocycles. The van der Waals surface area contributed by atoms with Crippen molar-refractivity contribution in [2.75, 3.05) is 32.7 Å². The fraction of sp³-hybridized carbons (Fsp3) is 0.661. The molecule has 0 unspecified atom stereocenters. The molecule has 0 saturated carbocycles. The van der Waals surface area contributed by atoms with Gasteiger partial charge in [-0.05, 0) is 145 Å². The number of nitrogens with one attached hydrogen (secondary N) is 7. The molecule has 0 spiro atoms. The molecule has 86 heavy (non-hydrogen) atoms. The molecule has 0 aromatic heterocycles. The Morgan fingerprint density at radius 2 is 0.837 bits per heavy atom. The zero-order chi connectivity index (χ0) is 64.7. The second-order valence-electron chi connectivity index (χ2n) is 23.7. The molecule has 0 bridgehead atoms. The van der Waals surface area contributed by atoms with Crippen molar-refractivity contribution in [1.82, 2.24) is 41.5 Å². The molecule has 484 valence electrons. The van der Waals surface area contributed by atoms with Crippen LogP contribution in [-0.2, 0) is 54.8 Å². The van der Waals surface area contributed by atoms with E-state index in [-0.39, 0.29) is 88.1 Å². The third kappa shape index (κ3) is 27.8. The second-order valence-corrected chi connectivity index (χ2v) is 25.6. The SMILES string of the molecule is CC(C)C[C@H](NC(=O)[C@H](CC(C)C)NC(=O)[C@H](CCCCN)NC(=O)[C@H](CCCCN)NC(=O)[C@H](CC(C)C)NC(=O)[C@H](CC(C)C)NC(=O)[C@H](CCCCN)NC(=O)CN(C[C@@H](N)Cc1ccccc1)S(=O)(=O)c1ccccc1[N+](=O)[O-])C(N)=O. The topological polar surface area (TPSA) is 431 Å². The average Bonchev–Trinajstić information content (AvgIpc) is 1.40. The molecular weight excluding hydrogens is 1130 g/mol. The van der Waals surface area contributed by atoms with Crippen LogP contribution in [0.2, 0.25) is 0 Å². The molecule has 0 fully saturated rings. The molecule has 0 heterocycles. The molecule has 26 nitrogen and oxygen atoms in total. The first-order valence-electron chi connectivity index (χ1n) is 30.1. The fourth-order valence-corrected chi connectivity index (χ4v) is 11.2. The van der Waals surface area contributed by atoms with Crippen molar-refractivity contribution in [1.29, 1.82) is 0 Å². The number of hydrogen-bond acceptors (Lipinski definition) is 16. The number of carbonyl (C=O) groups is 8. The van der Waals surface area contributed by atoms with Gasteiger partial charge in [-0.3, -0.25) is 48.5 Å². The van der Waals surface area contributed by atoms with E-state index in [2.05, 4.69) is 37.2 Å². The maximum atomic E-state index is 14.5. The number of nitro benzene ring substituents is 1. The minimum absolute atomic E-state index is 0.000419. The summed E-state index contributed by atoms with van der Waals surface area (Å²) >= 11 is 0. The Balaban J connectivity index is 2.50. The third-order valence-corrected chi connectivity index (χ3v) is 15.8. The number of benzene rings is 2. The van der Waals surface area contributed by atoms with Crippen molar-refractivity contribution in [3.05, 3.63) is 70.3 Å². The summed E-state index contributed by atoms with van der Waals surface area (Å²) < 4.78 is 29.3. The number of hydrogen-bond donors (Lipinski definition) is 12. The second kappa shape index (κ2) is 39.2. The quantitative estimate of drug-likeness (QED) is 0.0255. The van der Waals surface area contributed by atoms with Crippen LogP contribution in [0.5, 0.6) is 0 Å². The van der Waals surface area contributed by atoms with E-state index in [4.69, 9.17) is 28.7 Å². The first-order valence-corrected chi connectivity index (χ1v) is 31.5. The van der Waals surface area contributed by atoms with Crippen molar-refractivity contribution in [3.8, 4) is 0 Å². The van der Waals surface area contributed by atoms with E-state index in [0.717, 1.165) is 22.0 Å². The lowest BCUT2D eigenvalue weighted by Crippen LogP contribution is -2.60. The highest BCUT2D eigenvalue weighted by molar-refractivity contribution is 7.89. The molecule has 0 saturated heterocycles. The molecule has 0 aliphatic heterocycles. The van der Waals surface area contributed by atoms with Gasteiger partial charge < -0.3 is 65.9 Å². The summed E-state index contributed by atoms with van der Waals surface area (Å²) in [5.41, 5.74) is 29.6. The van der Waals surface area contributed by atoms with Crippen LogP contribution in [0, 0.1) is 33.8 Å². The maximum absolute atomic E-state index is 14.5. The summed E-state index contributed by atoms with van der Waals surface area (Å²) in [5, 5.41) is 31.2. The number of primary amides is 1. The lowest BCUT2D eigenvalue weighted by atomic mass is 9.98.